The Balaban J connectivity index is 1.84. The fourth-order valence-electron chi connectivity index (χ4n) is 3.20. The van der Waals surface area contributed by atoms with E-state index in [1.807, 2.05) is 25.1 Å². The largest absolute Gasteiger partial charge is 0.359 e. The molecule has 2 aromatic carbocycles. The standard InChI is InChI=1S/C19H18F3N5/c1-10-4-5-14-11(6-10)16(9-24-14)26-18-25-15-7-12(19(2,21)22)13(20)8-17(15)27(18)23-3/h4-9,23-24H,1-3H3,(H,25,26). The third kappa shape index (κ3) is 2.87. The number of benzene rings is 2. The number of aryl methyl sites for hydroxylation is 1. The van der Waals surface area contributed by atoms with E-state index in [4.69, 9.17) is 0 Å². The van der Waals surface area contributed by atoms with Crippen LogP contribution in [-0.4, -0.2) is 21.7 Å². The molecule has 0 aliphatic heterocycles. The molecule has 0 bridgehead atoms. The Morgan fingerprint density at radius 1 is 1.19 bits per heavy atom. The van der Waals surface area contributed by atoms with E-state index in [9.17, 15) is 13.2 Å². The van der Waals surface area contributed by atoms with Crippen LogP contribution < -0.4 is 10.7 Å². The molecule has 2 aromatic heterocycles. The number of hydrogen-bond donors (Lipinski definition) is 3. The van der Waals surface area contributed by atoms with Crippen molar-refractivity contribution in [1.29, 1.82) is 0 Å². The van der Waals surface area contributed by atoms with E-state index in [-0.39, 0.29) is 5.52 Å². The first-order valence-corrected chi connectivity index (χ1v) is 8.41. The lowest BCUT2D eigenvalue weighted by Crippen LogP contribution is -2.13. The lowest BCUT2D eigenvalue weighted by atomic mass is 10.1. The molecule has 0 atom stereocenters. The number of anilines is 2. The van der Waals surface area contributed by atoms with Crippen molar-refractivity contribution >= 4 is 33.6 Å². The van der Waals surface area contributed by atoms with Crippen LogP contribution >= 0.6 is 0 Å². The maximum atomic E-state index is 14.2. The number of alkyl halides is 2. The minimum absolute atomic E-state index is 0.265. The average molecular weight is 373 g/mol. The van der Waals surface area contributed by atoms with Gasteiger partial charge in [-0.25, -0.2) is 22.8 Å². The molecule has 0 aliphatic carbocycles. The molecule has 0 amide bonds. The predicted octanol–water partition coefficient (Wildman–Crippen LogP) is 4.99. The molecule has 4 rings (SSSR count). The highest BCUT2D eigenvalue weighted by Gasteiger charge is 2.29. The van der Waals surface area contributed by atoms with Crippen molar-refractivity contribution in [2.75, 3.05) is 17.8 Å². The second-order valence-electron chi connectivity index (χ2n) is 6.58. The third-order valence-corrected chi connectivity index (χ3v) is 4.52. The van der Waals surface area contributed by atoms with Crippen molar-refractivity contribution in [2.24, 2.45) is 0 Å². The lowest BCUT2D eigenvalue weighted by molar-refractivity contribution is 0.0139. The Morgan fingerprint density at radius 3 is 2.67 bits per heavy atom. The summed E-state index contributed by atoms with van der Waals surface area (Å²) in [6.45, 7) is 2.66. The SMILES string of the molecule is CNn1c(Nc2c[nH]c3ccc(C)cc23)nc2cc(C(C)(F)F)c(F)cc21. The monoisotopic (exact) mass is 373 g/mol. The molecular formula is C19H18F3N5. The van der Waals surface area contributed by atoms with Gasteiger partial charge in [-0.05, 0) is 25.1 Å². The average Bonchev–Trinajstić information content (AvgIpc) is 3.14. The molecule has 27 heavy (non-hydrogen) atoms. The van der Waals surface area contributed by atoms with Crippen LogP contribution in [0.3, 0.4) is 0 Å². The minimum Gasteiger partial charge on any atom is -0.359 e. The summed E-state index contributed by atoms with van der Waals surface area (Å²) in [5, 5.41) is 4.16. The molecule has 8 heteroatoms. The quantitative estimate of drug-likeness (QED) is 0.472. The van der Waals surface area contributed by atoms with Crippen LogP contribution in [0.15, 0.2) is 36.5 Å². The van der Waals surface area contributed by atoms with Gasteiger partial charge in [0, 0.05) is 37.1 Å². The fourth-order valence-corrected chi connectivity index (χ4v) is 3.20. The Bertz CT molecular complexity index is 1150. The van der Waals surface area contributed by atoms with Crippen LogP contribution in [0, 0.1) is 12.7 Å². The Labute approximate surface area is 153 Å². The van der Waals surface area contributed by atoms with Crippen LogP contribution in [-0.2, 0) is 5.92 Å². The molecule has 0 spiro atoms. The van der Waals surface area contributed by atoms with Crippen LogP contribution in [0.1, 0.15) is 18.1 Å². The van der Waals surface area contributed by atoms with Gasteiger partial charge in [0.1, 0.15) is 5.82 Å². The number of hydrogen-bond acceptors (Lipinski definition) is 3. The lowest BCUT2D eigenvalue weighted by Gasteiger charge is -2.12. The Morgan fingerprint density at radius 2 is 1.96 bits per heavy atom. The molecular weight excluding hydrogens is 355 g/mol. The maximum Gasteiger partial charge on any atom is 0.273 e. The molecule has 3 N–H and O–H groups in total. The zero-order valence-corrected chi connectivity index (χ0v) is 15.0. The molecule has 2 heterocycles. The molecule has 5 nitrogen and oxygen atoms in total. The second-order valence-corrected chi connectivity index (χ2v) is 6.58. The number of rotatable bonds is 4. The van der Waals surface area contributed by atoms with Crippen LogP contribution in [0.5, 0.6) is 0 Å². The van der Waals surface area contributed by atoms with Crippen LogP contribution in [0.2, 0.25) is 0 Å². The van der Waals surface area contributed by atoms with E-state index < -0.39 is 17.3 Å². The molecule has 0 saturated carbocycles. The third-order valence-electron chi connectivity index (χ3n) is 4.52. The Hall–Kier alpha value is -3.16. The molecule has 140 valence electrons. The summed E-state index contributed by atoms with van der Waals surface area (Å²) in [5.74, 6) is -3.89. The van der Waals surface area contributed by atoms with Gasteiger partial charge in [-0.3, -0.25) is 0 Å². The van der Waals surface area contributed by atoms with Gasteiger partial charge in [0.05, 0.1) is 22.3 Å². The van der Waals surface area contributed by atoms with Gasteiger partial charge in [-0.2, -0.15) is 0 Å². The fraction of sp³-hybridized carbons (Fsp3) is 0.211. The van der Waals surface area contributed by atoms with Crippen molar-refractivity contribution in [3.05, 3.63) is 53.5 Å². The van der Waals surface area contributed by atoms with Crippen molar-refractivity contribution in [2.45, 2.75) is 19.8 Å². The summed E-state index contributed by atoms with van der Waals surface area (Å²) < 4.78 is 43.0. The van der Waals surface area contributed by atoms with Gasteiger partial charge < -0.3 is 15.7 Å². The first-order valence-electron chi connectivity index (χ1n) is 8.41. The van der Waals surface area contributed by atoms with Gasteiger partial charge in [0.2, 0.25) is 5.95 Å². The normalized spacial score (nSPS) is 12.1. The van der Waals surface area contributed by atoms with E-state index in [1.165, 1.54) is 4.68 Å². The van der Waals surface area contributed by atoms with Crippen molar-refractivity contribution < 1.29 is 13.2 Å². The van der Waals surface area contributed by atoms with E-state index in [0.717, 1.165) is 34.3 Å². The van der Waals surface area contributed by atoms with E-state index in [1.54, 1.807) is 13.2 Å². The Kier molecular flexibility index (Phi) is 3.80. The molecule has 4 aromatic rings. The highest BCUT2D eigenvalue weighted by Crippen LogP contribution is 2.34. The van der Waals surface area contributed by atoms with Gasteiger partial charge in [-0.15, -0.1) is 0 Å². The van der Waals surface area contributed by atoms with Gasteiger partial charge >= 0.3 is 0 Å². The topological polar surface area (TPSA) is 57.7 Å². The number of aromatic amines is 1. The molecule has 0 saturated heterocycles. The summed E-state index contributed by atoms with van der Waals surface area (Å²) in [7, 11) is 1.64. The first kappa shape index (κ1) is 17.3. The summed E-state index contributed by atoms with van der Waals surface area (Å²) in [4.78, 5) is 7.54. The van der Waals surface area contributed by atoms with E-state index in [0.29, 0.717) is 18.4 Å². The number of H-pyrrole nitrogens is 1. The highest BCUT2D eigenvalue weighted by molar-refractivity contribution is 5.94. The summed E-state index contributed by atoms with van der Waals surface area (Å²) >= 11 is 0. The number of nitrogens with one attached hydrogen (secondary N) is 3. The molecule has 0 unspecified atom stereocenters. The highest BCUT2D eigenvalue weighted by atomic mass is 19.3. The number of halogens is 3. The zero-order valence-electron chi connectivity index (χ0n) is 15.0. The first-order chi connectivity index (χ1) is 12.8. The van der Waals surface area contributed by atoms with Crippen LogP contribution in [0.4, 0.5) is 24.8 Å². The molecule has 0 aliphatic rings. The predicted molar refractivity (Wildman–Crippen MR) is 101 cm³/mol. The summed E-state index contributed by atoms with van der Waals surface area (Å²) in [6, 6.07) is 8.15. The minimum atomic E-state index is -3.29. The van der Waals surface area contributed by atoms with Gasteiger partial charge in [0.25, 0.3) is 5.92 Å². The van der Waals surface area contributed by atoms with Crippen LogP contribution in [0.25, 0.3) is 21.9 Å². The number of nitrogens with zero attached hydrogens (tertiary/aromatic N) is 2. The van der Waals surface area contributed by atoms with Crippen molar-refractivity contribution in [3.8, 4) is 0 Å². The van der Waals surface area contributed by atoms with Crippen molar-refractivity contribution in [1.82, 2.24) is 14.6 Å². The van der Waals surface area contributed by atoms with E-state index in [2.05, 4.69) is 20.7 Å². The summed E-state index contributed by atoms with van der Waals surface area (Å²) in [5.41, 5.74) is 5.69. The van der Waals surface area contributed by atoms with E-state index >= 15 is 0 Å². The maximum absolute atomic E-state index is 14.2. The number of aromatic nitrogens is 3. The number of fused-ring (bicyclic) bond motifs is 2. The van der Waals surface area contributed by atoms with Gasteiger partial charge in [-0.1, -0.05) is 11.6 Å². The summed E-state index contributed by atoms with van der Waals surface area (Å²) in [6.07, 6.45) is 1.80. The smallest absolute Gasteiger partial charge is 0.273 e. The number of imidazole rings is 1. The molecule has 0 radical (unpaired) electrons. The zero-order chi connectivity index (χ0) is 19.3. The molecule has 0 fully saturated rings. The second kappa shape index (κ2) is 5.94. The van der Waals surface area contributed by atoms with Crippen molar-refractivity contribution in [3.63, 3.8) is 0 Å². The van der Waals surface area contributed by atoms with Gasteiger partial charge in [0.15, 0.2) is 0 Å².